The van der Waals surface area contributed by atoms with E-state index in [0.29, 0.717) is 12.6 Å². The molecule has 0 aliphatic rings. The number of carbonyl (C=O) groups is 1. The van der Waals surface area contributed by atoms with Gasteiger partial charge in [0.15, 0.2) is 0 Å². The van der Waals surface area contributed by atoms with Crippen molar-refractivity contribution in [3.8, 4) is 0 Å². The summed E-state index contributed by atoms with van der Waals surface area (Å²) in [5.74, 6) is -2.07. The molecule has 1 atom stereocenters. The van der Waals surface area contributed by atoms with Gasteiger partial charge in [0, 0.05) is 25.7 Å². The van der Waals surface area contributed by atoms with E-state index in [9.17, 15) is 13.6 Å². The quantitative estimate of drug-likeness (QED) is 0.849. The molecule has 1 amide bonds. The van der Waals surface area contributed by atoms with Crippen LogP contribution in [0.2, 0.25) is 0 Å². The number of amides is 1. The highest BCUT2D eigenvalue weighted by molar-refractivity contribution is 5.94. The van der Waals surface area contributed by atoms with Crippen LogP contribution < -0.4 is 5.73 Å². The molecular weight excluding hydrogens is 214 g/mol. The second kappa shape index (κ2) is 5.03. The molecule has 1 rings (SSSR count). The van der Waals surface area contributed by atoms with Crippen LogP contribution in [0.5, 0.6) is 0 Å². The number of hydrogen-bond donors (Lipinski definition) is 1. The van der Waals surface area contributed by atoms with Crippen molar-refractivity contribution >= 4 is 5.91 Å². The van der Waals surface area contributed by atoms with Crippen molar-refractivity contribution in [2.24, 2.45) is 5.73 Å². The van der Waals surface area contributed by atoms with E-state index >= 15 is 0 Å². The van der Waals surface area contributed by atoms with Crippen LogP contribution in [0.3, 0.4) is 0 Å². The van der Waals surface area contributed by atoms with E-state index in [2.05, 4.69) is 0 Å². The minimum absolute atomic E-state index is 0.149. The van der Waals surface area contributed by atoms with E-state index in [1.807, 2.05) is 0 Å². The van der Waals surface area contributed by atoms with Crippen LogP contribution in [-0.2, 0) is 0 Å². The fourth-order valence-corrected chi connectivity index (χ4v) is 1.38. The third-order valence-electron chi connectivity index (χ3n) is 2.07. The third-order valence-corrected chi connectivity index (χ3v) is 2.07. The van der Waals surface area contributed by atoms with Crippen molar-refractivity contribution in [3.05, 3.63) is 35.4 Å². The zero-order valence-electron chi connectivity index (χ0n) is 9.21. The normalized spacial score (nSPS) is 12.3. The predicted molar refractivity (Wildman–Crippen MR) is 57.0 cm³/mol. The Balaban J connectivity index is 2.88. The highest BCUT2D eigenvalue weighted by Gasteiger charge is 2.17. The molecule has 2 N–H and O–H groups in total. The zero-order valence-corrected chi connectivity index (χ0v) is 9.21. The van der Waals surface area contributed by atoms with Crippen molar-refractivity contribution in [1.82, 2.24) is 4.90 Å². The highest BCUT2D eigenvalue weighted by Crippen LogP contribution is 2.11. The molecule has 1 aromatic rings. The number of rotatable bonds is 3. The maximum absolute atomic E-state index is 13.3. The van der Waals surface area contributed by atoms with Gasteiger partial charge < -0.3 is 10.6 Å². The maximum atomic E-state index is 13.3. The van der Waals surface area contributed by atoms with Crippen LogP contribution in [0.25, 0.3) is 0 Å². The molecule has 0 aliphatic carbocycles. The monoisotopic (exact) mass is 228 g/mol. The summed E-state index contributed by atoms with van der Waals surface area (Å²) < 4.78 is 25.9. The summed E-state index contributed by atoms with van der Waals surface area (Å²) in [5.41, 5.74) is 5.38. The highest BCUT2D eigenvalue weighted by atomic mass is 19.1. The molecule has 0 radical (unpaired) electrons. The van der Waals surface area contributed by atoms with Gasteiger partial charge in [-0.05, 0) is 19.1 Å². The first-order valence-corrected chi connectivity index (χ1v) is 4.88. The molecule has 16 heavy (non-hydrogen) atoms. The number of likely N-dealkylation sites (N-methyl/N-ethyl adjacent to an activating group) is 1. The molecule has 1 unspecified atom stereocenters. The van der Waals surface area contributed by atoms with E-state index in [1.165, 1.54) is 11.9 Å². The van der Waals surface area contributed by atoms with Crippen LogP contribution in [0.1, 0.15) is 17.3 Å². The van der Waals surface area contributed by atoms with Crippen LogP contribution >= 0.6 is 0 Å². The van der Waals surface area contributed by atoms with Gasteiger partial charge in [-0.15, -0.1) is 0 Å². The van der Waals surface area contributed by atoms with Gasteiger partial charge in [0.05, 0.1) is 5.56 Å². The predicted octanol–water partition coefficient (Wildman–Crippen LogP) is 1.38. The summed E-state index contributed by atoms with van der Waals surface area (Å²) in [6.45, 7) is 2.06. The molecule has 0 aliphatic heterocycles. The Hall–Kier alpha value is -1.49. The fourth-order valence-electron chi connectivity index (χ4n) is 1.38. The second-order valence-corrected chi connectivity index (χ2v) is 3.79. The molecule has 0 fully saturated rings. The average Bonchev–Trinajstić information content (AvgIpc) is 2.15. The number of nitrogens with two attached hydrogens (primary N) is 1. The topological polar surface area (TPSA) is 46.3 Å². The molecular formula is C11H14F2N2O. The maximum Gasteiger partial charge on any atom is 0.256 e. The molecule has 1 aromatic carbocycles. The molecule has 3 nitrogen and oxygen atoms in total. The van der Waals surface area contributed by atoms with E-state index < -0.39 is 17.5 Å². The van der Waals surface area contributed by atoms with Gasteiger partial charge in [-0.2, -0.15) is 0 Å². The molecule has 5 heteroatoms. The van der Waals surface area contributed by atoms with E-state index in [1.54, 1.807) is 6.92 Å². The van der Waals surface area contributed by atoms with Gasteiger partial charge in [0.25, 0.3) is 5.91 Å². The number of halogens is 2. The number of nitrogens with zero attached hydrogens (tertiary/aromatic N) is 1. The lowest BCUT2D eigenvalue weighted by molar-refractivity contribution is 0.0784. The molecule has 0 heterocycles. The van der Waals surface area contributed by atoms with Crippen molar-refractivity contribution in [1.29, 1.82) is 0 Å². The average molecular weight is 228 g/mol. The summed E-state index contributed by atoms with van der Waals surface area (Å²) >= 11 is 0. The Bertz CT molecular complexity index is 394. The lowest BCUT2D eigenvalue weighted by atomic mass is 10.1. The van der Waals surface area contributed by atoms with Gasteiger partial charge in [-0.25, -0.2) is 8.78 Å². The van der Waals surface area contributed by atoms with Gasteiger partial charge in [-0.1, -0.05) is 0 Å². The van der Waals surface area contributed by atoms with Crippen LogP contribution in [0.15, 0.2) is 18.2 Å². The molecule has 0 bridgehead atoms. The van der Waals surface area contributed by atoms with Crippen LogP contribution in [-0.4, -0.2) is 30.4 Å². The molecule has 88 valence electrons. The first-order chi connectivity index (χ1) is 7.41. The minimum atomic E-state index is -0.860. The lowest BCUT2D eigenvalue weighted by Gasteiger charge is -2.19. The lowest BCUT2D eigenvalue weighted by Crippen LogP contribution is -2.37. The van der Waals surface area contributed by atoms with Crippen LogP contribution in [0.4, 0.5) is 8.78 Å². The molecule has 0 saturated carbocycles. The SMILES string of the molecule is CC(N)CN(C)C(=O)c1ccc(F)cc1F. The molecule has 0 saturated heterocycles. The number of hydrogen-bond acceptors (Lipinski definition) is 2. The molecule has 0 aromatic heterocycles. The summed E-state index contributed by atoms with van der Waals surface area (Å²) in [4.78, 5) is 13.0. The summed E-state index contributed by atoms with van der Waals surface area (Å²) in [6, 6.07) is 2.67. The second-order valence-electron chi connectivity index (χ2n) is 3.79. The zero-order chi connectivity index (χ0) is 12.3. The summed E-state index contributed by atoms with van der Waals surface area (Å²) in [6.07, 6.45) is 0. The Labute approximate surface area is 92.8 Å². The number of carbonyl (C=O) groups excluding carboxylic acids is 1. The third kappa shape index (κ3) is 3.00. The number of benzene rings is 1. The largest absolute Gasteiger partial charge is 0.340 e. The van der Waals surface area contributed by atoms with Crippen molar-refractivity contribution < 1.29 is 13.6 Å². The summed E-state index contributed by atoms with van der Waals surface area (Å²) in [7, 11) is 1.52. The van der Waals surface area contributed by atoms with Gasteiger partial charge in [-0.3, -0.25) is 4.79 Å². The Kier molecular flexibility index (Phi) is 3.95. The molecule has 0 spiro atoms. The van der Waals surface area contributed by atoms with E-state index in [4.69, 9.17) is 5.73 Å². The van der Waals surface area contributed by atoms with E-state index in [0.717, 1.165) is 12.1 Å². The Morgan fingerprint density at radius 1 is 1.50 bits per heavy atom. The van der Waals surface area contributed by atoms with Gasteiger partial charge in [0.1, 0.15) is 11.6 Å². The van der Waals surface area contributed by atoms with Crippen LogP contribution in [0, 0.1) is 11.6 Å². The first kappa shape index (κ1) is 12.6. The standard InChI is InChI=1S/C11H14F2N2O/c1-7(14)6-15(2)11(16)9-4-3-8(12)5-10(9)13/h3-5,7H,6,14H2,1-2H3. The smallest absolute Gasteiger partial charge is 0.256 e. The Morgan fingerprint density at radius 2 is 2.12 bits per heavy atom. The van der Waals surface area contributed by atoms with Crippen molar-refractivity contribution in [2.75, 3.05) is 13.6 Å². The Morgan fingerprint density at radius 3 is 2.62 bits per heavy atom. The first-order valence-electron chi connectivity index (χ1n) is 4.88. The van der Waals surface area contributed by atoms with Crippen molar-refractivity contribution in [3.63, 3.8) is 0 Å². The van der Waals surface area contributed by atoms with Crippen molar-refractivity contribution in [2.45, 2.75) is 13.0 Å². The fraction of sp³-hybridized carbons (Fsp3) is 0.364. The minimum Gasteiger partial charge on any atom is -0.340 e. The van der Waals surface area contributed by atoms with E-state index in [-0.39, 0.29) is 11.6 Å². The van der Waals surface area contributed by atoms with Gasteiger partial charge in [0.2, 0.25) is 0 Å². The van der Waals surface area contributed by atoms with Gasteiger partial charge >= 0.3 is 0 Å². The summed E-state index contributed by atoms with van der Waals surface area (Å²) in [5, 5.41) is 0.